The van der Waals surface area contributed by atoms with Crippen LogP contribution in [0.25, 0.3) is 0 Å². The molecule has 1 aliphatic heterocycles. The van der Waals surface area contributed by atoms with Crippen LogP contribution >= 0.6 is 23.2 Å². The number of aromatic nitrogens is 1. The quantitative estimate of drug-likeness (QED) is 0.908. The summed E-state index contributed by atoms with van der Waals surface area (Å²) in [6.45, 7) is 3.25. The van der Waals surface area contributed by atoms with Gasteiger partial charge in [-0.2, -0.15) is 0 Å². The van der Waals surface area contributed by atoms with Crippen LogP contribution in [-0.2, 0) is 0 Å². The van der Waals surface area contributed by atoms with Gasteiger partial charge in [-0.05, 0) is 12.5 Å². The first-order chi connectivity index (χ1) is 7.54. The van der Waals surface area contributed by atoms with Gasteiger partial charge in [-0.25, -0.2) is 4.98 Å². The van der Waals surface area contributed by atoms with E-state index in [0.717, 1.165) is 12.8 Å². The maximum atomic E-state index is 10.0. The molecule has 0 aliphatic carbocycles. The van der Waals surface area contributed by atoms with Crippen molar-refractivity contribution in [3.8, 4) is 0 Å². The average Bonchev–Trinajstić information content (AvgIpc) is 2.14. The number of anilines is 1. The minimum atomic E-state index is -0.570. The normalized spacial score (nSPS) is 18.4. The summed E-state index contributed by atoms with van der Waals surface area (Å²) in [7, 11) is 0. The summed E-state index contributed by atoms with van der Waals surface area (Å²) in [5.74, 6) is 0.701. The predicted molar refractivity (Wildman–Crippen MR) is 66.3 cm³/mol. The van der Waals surface area contributed by atoms with Gasteiger partial charge in [0.25, 0.3) is 0 Å². The van der Waals surface area contributed by atoms with Gasteiger partial charge in [-0.1, -0.05) is 36.5 Å². The lowest BCUT2D eigenvalue weighted by Crippen LogP contribution is -2.62. The Bertz CT molecular complexity index is 392. The fraction of sp³-hybridized carbons (Fsp3) is 0.545. The molecule has 1 saturated heterocycles. The van der Waals surface area contributed by atoms with E-state index in [1.165, 1.54) is 0 Å². The van der Waals surface area contributed by atoms with E-state index in [9.17, 15) is 5.11 Å². The van der Waals surface area contributed by atoms with Crippen molar-refractivity contribution < 1.29 is 5.11 Å². The molecule has 0 aromatic carbocycles. The van der Waals surface area contributed by atoms with Crippen molar-refractivity contribution in [1.29, 1.82) is 0 Å². The van der Waals surface area contributed by atoms with Crippen LogP contribution < -0.4 is 4.90 Å². The summed E-state index contributed by atoms with van der Waals surface area (Å²) in [6.07, 6.45) is 3.36. The number of hydrogen-bond donors (Lipinski definition) is 1. The van der Waals surface area contributed by atoms with E-state index in [1.807, 2.05) is 4.90 Å². The number of hydrogen-bond acceptors (Lipinski definition) is 3. The first-order valence-electron chi connectivity index (χ1n) is 5.32. The van der Waals surface area contributed by atoms with Crippen molar-refractivity contribution >= 4 is 29.0 Å². The second kappa shape index (κ2) is 4.40. The van der Waals surface area contributed by atoms with Crippen LogP contribution in [0.15, 0.2) is 12.3 Å². The molecule has 3 nitrogen and oxygen atoms in total. The molecule has 5 heteroatoms. The highest BCUT2D eigenvalue weighted by atomic mass is 35.5. The first-order valence-corrected chi connectivity index (χ1v) is 6.08. The van der Waals surface area contributed by atoms with Gasteiger partial charge < -0.3 is 10.0 Å². The van der Waals surface area contributed by atoms with Gasteiger partial charge in [0.1, 0.15) is 5.82 Å². The first kappa shape index (κ1) is 12.0. The molecule has 0 saturated carbocycles. The predicted octanol–water partition coefficient (Wildman–Crippen LogP) is 2.74. The highest BCUT2D eigenvalue weighted by Gasteiger charge is 2.41. The number of aliphatic hydroxyl groups is 1. The van der Waals surface area contributed by atoms with Gasteiger partial charge in [0.05, 0.1) is 28.7 Å². The zero-order valence-electron chi connectivity index (χ0n) is 9.08. The summed E-state index contributed by atoms with van der Waals surface area (Å²) >= 11 is 11.8. The van der Waals surface area contributed by atoms with Crippen molar-refractivity contribution in [3.63, 3.8) is 0 Å². The SMILES string of the molecule is CCCC1(O)CN(c2ncc(Cl)cc2Cl)C1. The Hall–Kier alpha value is -0.510. The lowest BCUT2D eigenvalue weighted by Gasteiger charge is -2.47. The van der Waals surface area contributed by atoms with Crippen molar-refractivity contribution in [2.75, 3.05) is 18.0 Å². The molecule has 1 fully saturated rings. The molecular weight excluding hydrogens is 247 g/mol. The largest absolute Gasteiger partial charge is 0.386 e. The van der Waals surface area contributed by atoms with Crippen LogP contribution in [0.4, 0.5) is 5.82 Å². The number of nitrogens with zero attached hydrogens (tertiary/aromatic N) is 2. The lowest BCUT2D eigenvalue weighted by molar-refractivity contribution is 0.00296. The molecule has 16 heavy (non-hydrogen) atoms. The summed E-state index contributed by atoms with van der Waals surface area (Å²) in [4.78, 5) is 6.14. The van der Waals surface area contributed by atoms with E-state index < -0.39 is 5.60 Å². The monoisotopic (exact) mass is 260 g/mol. The Balaban J connectivity index is 2.06. The van der Waals surface area contributed by atoms with Crippen LogP contribution in [0.5, 0.6) is 0 Å². The molecule has 88 valence electrons. The summed E-state index contributed by atoms with van der Waals surface area (Å²) in [5.41, 5.74) is -0.570. The van der Waals surface area contributed by atoms with Crippen molar-refractivity contribution in [2.24, 2.45) is 0 Å². The molecule has 1 aromatic heterocycles. The molecule has 0 bridgehead atoms. The molecule has 2 rings (SSSR count). The third kappa shape index (κ3) is 2.26. The zero-order chi connectivity index (χ0) is 11.8. The van der Waals surface area contributed by atoms with E-state index >= 15 is 0 Å². The van der Waals surface area contributed by atoms with Crippen LogP contribution in [0.3, 0.4) is 0 Å². The second-order valence-electron chi connectivity index (χ2n) is 4.29. The lowest BCUT2D eigenvalue weighted by atomic mass is 9.89. The van der Waals surface area contributed by atoms with Gasteiger partial charge in [0, 0.05) is 6.20 Å². The van der Waals surface area contributed by atoms with Crippen molar-refractivity contribution in [1.82, 2.24) is 4.98 Å². The number of rotatable bonds is 3. The molecule has 0 amide bonds. The standard InChI is InChI=1S/C11H14Cl2N2O/c1-2-3-11(16)6-15(7-11)10-9(13)4-8(12)5-14-10/h4-5,16H,2-3,6-7H2,1H3. The molecule has 2 heterocycles. The molecular formula is C11H14Cl2N2O. The molecule has 1 aromatic rings. The van der Waals surface area contributed by atoms with Gasteiger partial charge in [0.2, 0.25) is 0 Å². The fourth-order valence-corrected chi connectivity index (χ4v) is 2.58. The Kier molecular flexibility index (Phi) is 3.29. The van der Waals surface area contributed by atoms with E-state index in [4.69, 9.17) is 23.2 Å². The van der Waals surface area contributed by atoms with Crippen molar-refractivity contribution in [2.45, 2.75) is 25.4 Å². The maximum Gasteiger partial charge on any atom is 0.147 e. The van der Waals surface area contributed by atoms with Gasteiger partial charge in [-0.3, -0.25) is 0 Å². The second-order valence-corrected chi connectivity index (χ2v) is 5.13. The Morgan fingerprint density at radius 3 is 2.75 bits per heavy atom. The highest BCUT2D eigenvalue weighted by Crippen LogP contribution is 2.34. The Labute approximate surface area is 105 Å². The van der Waals surface area contributed by atoms with Gasteiger partial charge in [-0.15, -0.1) is 0 Å². The topological polar surface area (TPSA) is 36.4 Å². The molecule has 0 atom stereocenters. The molecule has 0 unspecified atom stereocenters. The van der Waals surface area contributed by atoms with E-state index in [-0.39, 0.29) is 0 Å². The number of halogens is 2. The molecule has 0 radical (unpaired) electrons. The summed E-state index contributed by atoms with van der Waals surface area (Å²) < 4.78 is 0. The number of pyridine rings is 1. The third-order valence-electron chi connectivity index (χ3n) is 2.77. The molecule has 1 aliphatic rings. The third-order valence-corrected chi connectivity index (χ3v) is 3.26. The van der Waals surface area contributed by atoms with Crippen LogP contribution in [-0.4, -0.2) is 28.8 Å². The van der Waals surface area contributed by atoms with E-state index in [0.29, 0.717) is 29.0 Å². The zero-order valence-corrected chi connectivity index (χ0v) is 10.6. The van der Waals surface area contributed by atoms with Crippen molar-refractivity contribution in [3.05, 3.63) is 22.3 Å². The minimum Gasteiger partial charge on any atom is -0.386 e. The number of β-amino-alcohol motifs (C(OH)–C–C–N with tert-alkyl or cyclic N) is 1. The van der Waals surface area contributed by atoms with E-state index in [2.05, 4.69) is 11.9 Å². The summed E-state index contributed by atoms with van der Waals surface area (Å²) in [6, 6.07) is 1.67. The maximum absolute atomic E-state index is 10.0. The summed E-state index contributed by atoms with van der Waals surface area (Å²) in [5, 5.41) is 11.1. The van der Waals surface area contributed by atoms with Crippen LogP contribution in [0.1, 0.15) is 19.8 Å². The van der Waals surface area contributed by atoms with Crippen LogP contribution in [0.2, 0.25) is 10.0 Å². The average molecular weight is 261 g/mol. The Morgan fingerprint density at radius 2 is 2.19 bits per heavy atom. The molecule has 1 N–H and O–H groups in total. The smallest absolute Gasteiger partial charge is 0.147 e. The van der Waals surface area contributed by atoms with Gasteiger partial charge in [0.15, 0.2) is 0 Å². The molecule has 0 spiro atoms. The highest BCUT2D eigenvalue weighted by molar-refractivity contribution is 6.36. The van der Waals surface area contributed by atoms with E-state index in [1.54, 1.807) is 12.3 Å². The minimum absolute atomic E-state index is 0.526. The fourth-order valence-electron chi connectivity index (χ4n) is 2.08. The van der Waals surface area contributed by atoms with Gasteiger partial charge >= 0.3 is 0 Å². The van der Waals surface area contributed by atoms with Crippen LogP contribution in [0, 0.1) is 0 Å². The Morgan fingerprint density at radius 1 is 1.50 bits per heavy atom.